The zero-order chi connectivity index (χ0) is 15.4. The van der Waals surface area contributed by atoms with Crippen molar-refractivity contribution in [3.63, 3.8) is 0 Å². The zero-order valence-corrected chi connectivity index (χ0v) is 13.7. The van der Waals surface area contributed by atoms with Crippen molar-refractivity contribution in [2.45, 2.75) is 0 Å². The Hall–Kier alpha value is -1.85. The van der Waals surface area contributed by atoms with Crippen LogP contribution in [-0.4, -0.2) is 32.2 Å². The molecule has 4 nitrogen and oxygen atoms in total. The summed E-state index contributed by atoms with van der Waals surface area (Å²) in [6.45, 7) is 3.34. The van der Waals surface area contributed by atoms with Crippen molar-refractivity contribution in [1.29, 1.82) is 0 Å². The van der Waals surface area contributed by atoms with Crippen LogP contribution in [-0.2, 0) is 4.74 Å². The minimum Gasteiger partial charge on any atom is -0.378 e. The summed E-state index contributed by atoms with van der Waals surface area (Å²) < 4.78 is 6.14. The van der Waals surface area contributed by atoms with Gasteiger partial charge in [-0.1, -0.05) is 12.1 Å². The van der Waals surface area contributed by atoms with Gasteiger partial charge in [0, 0.05) is 28.9 Å². The first kappa shape index (κ1) is 15.1. The number of morpholine rings is 1. The van der Waals surface area contributed by atoms with E-state index in [4.69, 9.17) is 4.74 Å². The summed E-state index contributed by atoms with van der Waals surface area (Å²) in [6.07, 6.45) is 0. The molecule has 1 N–H and O–H groups in total. The van der Waals surface area contributed by atoms with Gasteiger partial charge in [0.25, 0.3) is 5.91 Å². The summed E-state index contributed by atoms with van der Waals surface area (Å²) in [5.41, 5.74) is 2.57. The minimum atomic E-state index is -0.119. The molecule has 1 aliphatic heterocycles. The van der Waals surface area contributed by atoms with Gasteiger partial charge in [0.1, 0.15) is 0 Å². The van der Waals surface area contributed by atoms with E-state index in [2.05, 4.69) is 26.1 Å². The van der Waals surface area contributed by atoms with Gasteiger partial charge in [0.2, 0.25) is 0 Å². The van der Waals surface area contributed by atoms with E-state index in [1.165, 1.54) is 0 Å². The highest BCUT2D eigenvalue weighted by atomic mass is 79.9. The molecule has 0 spiro atoms. The fraction of sp³-hybridized carbons (Fsp3) is 0.235. The van der Waals surface area contributed by atoms with Crippen LogP contribution in [0.15, 0.2) is 53.0 Å². The second-order valence-electron chi connectivity index (χ2n) is 5.08. The first-order valence-electron chi connectivity index (χ1n) is 7.23. The Bertz CT molecular complexity index is 652. The van der Waals surface area contributed by atoms with Crippen molar-refractivity contribution in [2.24, 2.45) is 0 Å². The molecular formula is C17H17BrN2O2. The third kappa shape index (κ3) is 3.48. The number of carbonyl (C=O) groups is 1. The number of nitrogens with zero attached hydrogens (tertiary/aromatic N) is 1. The number of carbonyl (C=O) groups excluding carboxylic acids is 1. The summed E-state index contributed by atoms with van der Waals surface area (Å²) in [5, 5.41) is 2.92. The summed E-state index contributed by atoms with van der Waals surface area (Å²) in [7, 11) is 0. The Kier molecular flexibility index (Phi) is 4.75. The van der Waals surface area contributed by atoms with Gasteiger partial charge in [0.05, 0.1) is 18.8 Å². The largest absolute Gasteiger partial charge is 0.378 e. The van der Waals surface area contributed by atoms with E-state index in [1.807, 2.05) is 42.5 Å². The lowest BCUT2D eigenvalue weighted by Crippen LogP contribution is -2.36. The van der Waals surface area contributed by atoms with E-state index in [0.29, 0.717) is 5.56 Å². The molecule has 1 fully saturated rings. The van der Waals surface area contributed by atoms with Gasteiger partial charge in [-0.15, -0.1) is 0 Å². The lowest BCUT2D eigenvalue weighted by Gasteiger charge is -2.28. The molecule has 2 aromatic carbocycles. The van der Waals surface area contributed by atoms with E-state index in [0.717, 1.165) is 42.2 Å². The maximum absolute atomic E-state index is 12.3. The van der Waals surface area contributed by atoms with Crippen LogP contribution in [0.25, 0.3) is 0 Å². The molecule has 0 saturated carbocycles. The van der Waals surface area contributed by atoms with Gasteiger partial charge in [0.15, 0.2) is 0 Å². The van der Waals surface area contributed by atoms with Crippen LogP contribution >= 0.6 is 15.9 Å². The monoisotopic (exact) mass is 360 g/mol. The van der Waals surface area contributed by atoms with Crippen molar-refractivity contribution < 1.29 is 9.53 Å². The van der Waals surface area contributed by atoms with Gasteiger partial charge in [-0.05, 0) is 52.3 Å². The first-order chi connectivity index (χ1) is 10.7. The average molecular weight is 361 g/mol. The summed E-state index contributed by atoms with van der Waals surface area (Å²) in [5.74, 6) is -0.119. The molecular weight excluding hydrogens is 344 g/mol. The molecule has 1 amide bonds. The quantitative estimate of drug-likeness (QED) is 0.909. The van der Waals surface area contributed by atoms with Gasteiger partial charge in [-0.25, -0.2) is 0 Å². The topological polar surface area (TPSA) is 41.6 Å². The lowest BCUT2D eigenvalue weighted by atomic mass is 10.2. The van der Waals surface area contributed by atoms with Crippen molar-refractivity contribution in [3.8, 4) is 0 Å². The second-order valence-corrected chi connectivity index (χ2v) is 5.93. The van der Waals surface area contributed by atoms with Crippen molar-refractivity contribution in [2.75, 3.05) is 36.5 Å². The highest BCUT2D eigenvalue weighted by Gasteiger charge is 2.12. The molecule has 1 saturated heterocycles. The Morgan fingerprint density at radius 1 is 1.05 bits per heavy atom. The Balaban J connectivity index is 1.68. The number of amides is 1. The molecule has 1 aliphatic rings. The van der Waals surface area contributed by atoms with Crippen LogP contribution < -0.4 is 10.2 Å². The first-order valence-corrected chi connectivity index (χ1v) is 8.02. The van der Waals surface area contributed by atoms with E-state index in [1.54, 1.807) is 6.07 Å². The number of hydrogen-bond donors (Lipinski definition) is 1. The Morgan fingerprint density at radius 2 is 1.73 bits per heavy atom. The number of anilines is 2. The fourth-order valence-electron chi connectivity index (χ4n) is 2.42. The number of nitrogens with one attached hydrogen (secondary N) is 1. The standard InChI is InChI=1S/C17H17BrN2O2/c18-16-4-2-1-3-15(16)17(21)19-13-5-7-14(8-6-13)20-9-11-22-12-10-20/h1-8H,9-12H2,(H,19,21). The third-order valence-electron chi connectivity index (χ3n) is 3.62. The predicted molar refractivity (Wildman–Crippen MR) is 91.6 cm³/mol. The van der Waals surface area contributed by atoms with E-state index < -0.39 is 0 Å². The zero-order valence-electron chi connectivity index (χ0n) is 12.1. The maximum Gasteiger partial charge on any atom is 0.256 e. The normalized spacial score (nSPS) is 14.7. The molecule has 22 heavy (non-hydrogen) atoms. The van der Waals surface area contributed by atoms with Crippen LogP contribution in [0.3, 0.4) is 0 Å². The van der Waals surface area contributed by atoms with Gasteiger partial charge >= 0.3 is 0 Å². The van der Waals surface area contributed by atoms with Crippen LogP contribution in [0.1, 0.15) is 10.4 Å². The van der Waals surface area contributed by atoms with Crippen molar-refractivity contribution in [3.05, 3.63) is 58.6 Å². The molecule has 0 unspecified atom stereocenters. The highest BCUT2D eigenvalue weighted by Crippen LogP contribution is 2.21. The Labute approximate surface area is 138 Å². The number of rotatable bonds is 3. The van der Waals surface area contributed by atoms with Gasteiger partial charge < -0.3 is 15.0 Å². The smallest absolute Gasteiger partial charge is 0.256 e. The average Bonchev–Trinajstić information content (AvgIpc) is 2.57. The number of ether oxygens (including phenoxy) is 1. The molecule has 2 aromatic rings. The minimum absolute atomic E-state index is 0.119. The second kappa shape index (κ2) is 6.94. The summed E-state index contributed by atoms with van der Waals surface area (Å²) in [6, 6.07) is 15.3. The van der Waals surface area contributed by atoms with E-state index >= 15 is 0 Å². The third-order valence-corrected chi connectivity index (χ3v) is 4.31. The van der Waals surface area contributed by atoms with E-state index in [9.17, 15) is 4.79 Å². The fourth-order valence-corrected chi connectivity index (χ4v) is 2.89. The predicted octanol–water partition coefficient (Wildman–Crippen LogP) is 3.54. The molecule has 0 radical (unpaired) electrons. The highest BCUT2D eigenvalue weighted by molar-refractivity contribution is 9.10. The van der Waals surface area contributed by atoms with Crippen LogP contribution in [0.2, 0.25) is 0 Å². The number of benzene rings is 2. The summed E-state index contributed by atoms with van der Waals surface area (Å²) >= 11 is 3.39. The van der Waals surface area contributed by atoms with Crippen molar-refractivity contribution >= 4 is 33.2 Å². The Morgan fingerprint density at radius 3 is 2.41 bits per heavy atom. The van der Waals surface area contributed by atoms with Gasteiger partial charge in [-0.3, -0.25) is 4.79 Å². The van der Waals surface area contributed by atoms with Crippen LogP contribution in [0.5, 0.6) is 0 Å². The molecule has 0 bridgehead atoms. The van der Waals surface area contributed by atoms with Gasteiger partial charge in [-0.2, -0.15) is 0 Å². The molecule has 0 aliphatic carbocycles. The van der Waals surface area contributed by atoms with Crippen molar-refractivity contribution in [1.82, 2.24) is 0 Å². The molecule has 3 rings (SSSR count). The maximum atomic E-state index is 12.3. The summed E-state index contributed by atoms with van der Waals surface area (Å²) in [4.78, 5) is 14.5. The van der Waals surface area contributed by atoms with Crippen LogP contribution in [0, 0.1) is 0 Å². The molecule has 0 atom stereocenters. The number of halogens is 1. The number of hydrogen-bond acceptors (Lipinski definition) is 3. The SMILES string of the molecule is O=C(Nc1ccc(N2CCOCC2)cc1)c1ccccc1Br. The lowest BCUT2D eigenvalue weighted by molar-refractivity contribution is 0.102. The molecule has 114 valence electrons. The molecule has 1 heterocycles. The van der Waals surface area contributed by atoms with E-state index in [-0.39, 0.29) is 5.91 Å². The molecule has 5 heteroatoms. The molecule has 0 aromatic heterocycles. The van der Waals surface area contributed by atoms with Crippen LogP contribution in [0.4, 0.5) is 11.4 Å².